The lowest BCUT2D eigenvalue weighted by atomic mass is 9.97. The van der Waals surface area contributed by atoms with Crippen LogP contribution in [0.1, 0.15) is 20.7 Å². The van der Waals surface area contributed by atoms with Gasteiger partial charge in [0.15, 0.2) is 0 Å². The first-order valence-corrected chi connectivity index (χ1v) is 6.85. The molecule has 1 aliphatic heterocycles. The average molecular weight is 327 g/mol. The molecule has 0 atom stereocenters. The molecule has 3 nitrogen and oxygen atoms in total. The fraction of sp³-hybridized carbons (Fsp3) is 0. The van der Waals surface area contributed by atoms with E-state index in [0.29, 0.717) is 11.1 Å². The van der Waals surface area contributed by atoms with Gasteiger partial charge in [0, 0.05) is 4.47 Å². The highest BCUT2D eigenvalue weighted by atomic mass is 79.9. The van der Waals surface area contributed by atoms with Crippen molar-refractivity contribution in [1.29, 1.82) is 0 Å². The quantitative estimate of drug-likeness (QED) is 0.355. The van der Waals surface area contributed by atoms with Gasteiger partial charge in [-0.2, -0.15) is 0 Å². The topological polar surface area (TPSA) is 43.4 Å². The molecule has 0 bridgehead atoms. The van der Waals surface area contributed by atoms with Crippen molar-refractivity contribution in [2.75, 3.05) is 0 Å². The monoisotopic (exact) mass is 326 g/mol. The van der Waals surface area contributed by atoms with Crippen molar-refractivity contribution >= 4 is 49.4 Å². The zero-order chi connectivity index (χ0) is 13.9. The Balaban J connectivity index is 2.17. The van der Waals surface area contributed by atoms with Gasteiger partial charge < -0.3 is 4.74 Å². The third kappa shape index (κ3) is 1.51. The highest BCUT2D eigenvalue weighted by Gasteiger charge is 2.31. The standard InChI is InChI=1S/C16H7BrO3/c17-11-3-1-8-5-9-2-4-12-14(16(19)20-15(12)18)13(9)7-10(8)6-11/h1-7H. The van der Waals surface area contributed by atoms with E-state index in [1.165, 1.54) is 0 Å². The maximum atomic E-state index is 11.8. The van der Waals surface area contributed by atoms with Gasteiger partial charge in [0.25, 0.3) is 0 Å². The van der Waals surface area contributed by atoms with E-state index < -0.39 is 11.9 Å². The Labute approximate surface area is 122 Å². The van der Waals surface area contributed by atoms with E-state index in [4.69, 9.17) is 0 Å². The summed E-state index contributed by atoms with van der Waals surface area (Å²) in [6.45, 7) is 0. The first kappa shape index (κ1) is 11.6. The number of fused-ring (bicyclic) bond motifs is 4. The fourth-order valence-corrected chi connectivity index (χ4v) is 3.00. The molecule has 1 aliphatic rings. The second-order valence-corrected chi connectivity index (χ2v) is 5.65. The summed E-state index contributed by atoms with van der Waals surface area (Å²) in [6.07, 6.45) is 0. The molecule has 0 radical (unpaired) electrons. The Morgan fingerprint density at radius 3 is 2.45 bits per heavy atom. The van der Waals surface area contributed by atoms with E-state index >= 15 is 0 Å². The molecular weight excluding hydrogens is 320 g/mol. The molecule has 0 amide bonds. The van der Waals surface area contributed by atoms with E-state index in [0.717, 1.165) is 26.0 Å². The predicted octanol–water partition coefficient (Wildman–Crippen LogP) is 4.07. The van der Waals surface area contributed by atoms with Crippen molar-refractivity contribution in [2.24, 2.45) is 0 Å². The molecule has 4 rings (SSSR count). The number of cyclic esters (lactones) is 2. The number of benzene rings is 3. The molecule has 0 aliphatic carbocycles. The number of esters is 2. The third-order valence-corrected chi connectivity index (χ3v) is 4.04. The predicted molar refractivity (Wildman–Crippen MR) is 78.9 cm³/mol. The zero-order valence-electron chi connectivity index (χ0n) is 10.1. The largest absolute Gasteiger partial charge is 0.386 e. The summed E-state index contributed by atoms with van der Waals surface area (Å²) in [5.74, 6) is -1.13. The van der Waals surface area contributed by atoms with E-state index in [2.05, 4.69) is 20.7 Å². The molecule has 0 N–H and O–H groups in total. The second kappa shape index (κ2) is 3.90. The van der Waals surface area contributed by atoms with Gasteiger partial charge >= 0.3 is 11.9 Å². The van der Waals surface area contributed by atoms with Gasteiger partial charge in [-0.15, -0.1) is 0 Å². The minimum Gasteiger partial charge on any atom is -0.386 e. The fourth-order valence-electron chi connectivity index (χ4n) is 2.62. The Morgan fingerprint density at radius 1 is 0.800 bits per heavy atom. The van der Waals surface area contributed by atoms with Crippen LogP contribution in [0.5, 0.6) is 0 Å². The molecule has 0 unspecified atom stereocenters. The number of carbonyl (C=O) groups excluding carboxylic acids is 2. The Bertz CT molecular complexity index is 928. The Kier molecular flexibility index (Phi) is 2.26. The van der Waals surface area contributed by atoms with Crippen LogP contribution in [0.3, 0.4) is 0 Å². The maximum Gasteiger partial charge on any atom is 0.347 e. The van der Waals surface area contributed by atoms with Crippen molar-refractivity contribution in [2.45, 2.75) is 0 Å². The molecule has 0 saturated carbocycles. The van der Waals surface area contributed by atoms with Crippen LogP contribution in [0.2, 0.25) is 0 Å². The lowest BCUT2D eigenvalue weighted by Gasteiger charge is -2.05. The van der Waals surface area contributed by atoms with E-state index in [1.54, 1.807) is 6.07 Å². The number of hydrogen-bond donors (Lipinski definition) is 0. The Hall–Kier alpha value is -2.20. The first-order valence-electron chi connectivity index (χ1n) is 6.06. The van der Waals surface area contributed by atoms with Gasteiger partial charge in [0.2, 0.25) is 0 Å². The maximum absolute atomic E-state index is 11.8. The molecule has 3 aromatic rings. The number of ether oxygens (including phenoxy) is 1. The van der Waals surface area contributed by atoms with Crippen molar-refractivity contribution < 1.29 is 14.3 Å². The molecule has 0 aromatic heterocycles. The summed E-state index contributed by atoms with van der Waals surface area (Å²) >= 11 is 3.43. The van der Waals surface area contributed by atoms with E-state index in [1.807, 2.05) is 36.4 Å². The first-order chi connectivity index (χ1) is 9.63. The molecule has 0 saturated heterocycles. The van der Waals surface area contributed by atoms with Crippen molar-refractivity contribution in [3.63, 3.8) is 0 Å². The number of halogens is 1. The van der Waals surface area contributed by atoms with Gasteiger partial charge in [-0.05, 0) is 51.9 Å². The normalized spacial score (nSPS) is 13.8. The number of rotatable bonds is 0. The van der Waals surface area contributed by atoms with Crippen LogP contribution in [0, 0.1) is 0 Å². The van der Waals surface area contributed by atoms with Crippen LogP contribution in [-0.4, -0.2) is 11.9 Å². The van der Waals surface area contributed by atoms with Crippen molar-refractivity contribution in [1.82, 2.24) is 0 Å². The van der Waals surface area contributed by atoms with Crippen LogP contribution in [0.4, 0.5) is 0 Å². The summed E-state index contributed by atoms with van der Waals surface area (Å²) in [6, 6.07) is 13.4. The SMILES string of the molecule is O=C1OC(=O)c2c1ccc1cc3ccc(Br)cc3cc21. The number of hydrogen-bond acceptors (Lipinski definition) is 3. The molecule has 20 heavy (non-hydrogen) atoms. The lowest BCUT2D eigenvalue weighted by molar-refractivity contribution is 0.0444. The zero-order valence-corrected chi connectivity index (χ0v) is 11.7. The lowest BCUT2D eigenvalue weighted by Crippen LogP contribution is -1.97. The molecule has 0 spiro atoms. The average Bonchev–Trinajstić information content (AvgIpc) is 2.72. The highest BCUT2D eigenvalue weighted by Crippen LogP contribution is 2.32. The molecule has 4 heteroatoms. The Morgan fingerprint density at radius 2 is 1.60 bits per heavy atom. The second-order valence-electron chi connectivity index (χ2n) is 4.73. The summed E-state index contributed by atoms with van der Waals surface area (Å²) in [5.41, 5.74) is 0.714. The van der Waals surface area contributed by atoms with Gasteiger partial charge in [-0.3, -0.25) is 0 Å². The minimum absolute atomic E-state index is 0.344. The van der Waals surface area contributed by atoms with Gasteiger partial charge in [-0.25, -0.2) is 9.59 Å². The molecule has 0 fully saturated rings. The molecule has 1 heterocycles. The number of carbonyl (C=O) groups is 2. The summed E-state index contributed by atoms with van der Waals surface area (Å²) in [4.78, 5) is 23.4. The highest BCUT2D eigenvalue weighted by molar-refractivity contribution is 9.10. The minimum atomic E-state index is -0.568. The molecule has 96 valence electrons. The van der Waals surface area contributed by atoms with Gasteiger partial charge in [0.05, 0.1) is 11.1 Å². The van der Waals surface area contributed by atoms with Crippen LogP contribution in [0.15, 0.2) is 46.9 Å². The molecular formula is C16H7BrO3. The van der Waals surface area contributed by atoms with E-state index in [9.17, 15) is 9.59 Å². The van der Waals surface area contributed by atoms with Crippen LogP contribution >= 0.6 is 15.9 Å². The van der Waals surface area contributed by atoms with Gasteiger partial charge in [-0.1, -0.05) is 28.1 Å². The van der Waals surface area contributed by atoms with Crippen molar-refractivity contribution in [3.8, 4) is 0 Å². The van der Waals surface area contributed by atoms with Crippen LogP contribution < -0.4 is 0 Å². The van der Waals surface area contributed by atoms with Crippen molar-refractivity contribution in [3.05, 3.63) is 58.1 Å². The summed E-state index contributed by atoms with van der Waals surface area (Å²) in [7, 11) is 0. The van der Waals surface area contributed by atoms with Gasteiger partial charge in [0.1, 0.15) is 0 Å². The third-order valence-electron chi connectivity index (χ3n) is 3.55. The summed E-state index contributed by atoms with van der Waals surface area (Å²) < 4.78 is 5.66. The van der Waals surface area contributed by atoms with Crippen LogP contribution in [0.25, 0.3) is 21.5 Å². The molecule has 3 aromatic carbocycles. The smallest absolute Gasteiger partial charge is 0.347 e. The van der Waals surface area contributed by atoms with E-state index in [-0.39, 0.29) is 0 Å². The summed E-state index contributed by atoms with van der Waals surface area (Å²) in [5, 5.41) is 3.76. The van der Waals surface area contributed by atoms with Crippen LogP contribution in [-0.2, 0) is 4.74 Å².